The summed E-state index contributed by atoms with van der Waals surface area (Å²) in [5.41, 5.74) is 4.04. The summed E-state index contributed by atoms with van der Waals surface area (Å²) in [5, 5.41) is 10.7. The minimum atomic E-state index is -0.440. The van der Waals surface area contributed by atoms with E-state index in [4.69, 9.17) is 5.84 Å². The first kappa shape index (κ1) is 12.9. The van der Waals surface area contributed by atoms with Gasteiger partial charge in [0.1, 0.15) is 5.69 Å². The van der Waals surface area contributed by atoms with Crippen molar-refractivity contribution in [2.24, 2.45) is 5.84 Å². The van der Waals surface area contributed by atoms with Gasteiger partial charge in [-0.3, -0.25) is 16.0 Å². The van der Waals surface area contributed by atoms with Crippen LogP contribution in [0.4, 0.5) is 11.6 Å². The number of hydrazine groups is 1. The van der Waals surface area contributed by atoms with Gasteiger partial charge in [0.05, 0.1) is 23.6 Å². The summed E-state index contributed by atoms with van der Waals surface area (Å²) in [6.07, 6.45) is 2.85. The number of nitrogens with two attached hydrogens (primary N) is 1. The largest absolute Gasteiger partial charge is 0.323 e. The van der Waals surface area contributed by atoms with E-state index in [0.29, 0.717) is 11.2 Å². The Kier molecular flexibility index (Phi) is 3.36. The second-order valence-electron chi connectivity index (χ2n) is 4.14. The molecule has 2 heterocycles. The maximum absolute atomic E-state index is 12.2. The number of aromatic nitrogens is 4. The van der Waals surface area contributed by atoms with Gasteiger partial charge in [0.15, 0.2) is 0 Å². The highest BCUT2D eigenvalue weighted by molar-refractivity contribution is 6.05. The predicted molar refractivity (Wildman–Crippen MR) is 77.3 cm³/mol. The topological polar surface area (TPSA) is 119 Å². The number of rotatable bonds is 3. The summed E-state index contributed by atoms with van der Waals surface area (Å²) in [6.45, 7) is 0. The molecule has 0 aliphatic rings. The SMILES string of the molecule is NNc1cc(C(=O)Nc2nccnn2)nc2ccccc12. The lowest BCUT2D eigenvalue weighted by molar-refractivity contribution is 0.102. The van der Waals surface area contributed by atoms with Crippen LogP contribution in [0.25, 0.3) is 10.9 Å². The van der Waals surface area contributed by atoms with Gasteiger partial charge in [-0.15, -0.1) is 5.10 Å². The fourth-order valence-electron chi connectivity index (χ4n) is 1.88. The van der Waals surface area contributed by atoms with Crippen molar-refractivity contribution in [3.8, 4) is 0 Å². The van der Waals surface area contributed by atoms with Crippen molar-refractivity contribution in [1.82, 2.24) is 20.2 Å². The Morgan fingerprint density at radius 1 is 1.19 bits per heavy atom. The summed E-state index contributed by atoms with van der Waals surface area (Å²) in [5.74, 6) is 5.16. The van der Waals surface area contributed by atoms with Crippen LogP contribution in [0.2, 0.25) is 0 Å². The first-order valence-corrected chi connectivity index (χ1v) is 6.09. The van der Waals surface area contributed by atoms with Crippen molar-refractivity contribution < 1.29 is 4.79 Å². The number of carbonyl (C=O) groups excluding carboxylic acids is 1. The summed E-state index contributed by atoms with van der Waals surface area (Å²) in [4.78, 5) is 20.3. The third-order valence-electron chi connectivity index (χ3n) is 2.81. The summed E-state index contributed by atoms with van der Waals surface area (Å²) < 4.78 is 0. The smallest absolute Gasteiger partial charge is 0.276 e. The molecule has 1 aromatic carbocycles. The van der Waals surface area contributed by atoms with Crippen LogP contribution in [-0.4, -0.2) is 26.1 Å². The van der Waals surface area contributed by atoms with Crippen LogP contribution in [0.5, 0.6) is 0 Å². The summed E-state index contributed by atoms with van der Waals surface area (Å²) in [7, 11) is 0. The molecule has 8 nitrogen and oxygen atoms in total. The average molecular weight is 281 g/mol. The molecule has 2 aromatic heterocycles. The zero-order valence-corrected chi connectivity index (χ0v) is 10.8. The highest BCUT2D eigenvalue weighted by atomic mass is 16.2. The van der Waals surface area contributed by atoms with E-state index in [2.05, 4.69) is 30.9 Å². The first-order valence-electron chi connectivity index (χ1n) is 6.09. The second-order valence-corrected chi connectivity index (χ2v) is 4.14. The number of nitrogens with zero attached hydrogens (tertiary/aromatic N) is 4. The molecular formula is C13H11N7O. The van der Waals surface area contributed by atoms with Gasteiger partial charge in [0, 0.05) is 5.39 Å². The maximum Gasteiger partial charge on any atom is 0.276 e. The van der Waals surface area contributed by atoms with Gasteiger partial charge in [0.25, 0.3) is 5.91 Å². The highest BCUT2D eigenvalue weighted by Crippen LogP contribution is 2.22. The number of pyridine rings is 1. The van der Waals surface area contributed by atoms with E-state index in [-0.39, 0.29) is 11.6 Å². The fraction of sp³-hybridized carbons (Fsp3) is 0. The van der Waals surface area contributed by atoms with Crippen LogP contribution in [-0.2, 0) is 0 Å². The van der Waals surface area contributed by atoms with E-state index in [0.717, 1.165) is 5.39 Å². The molecule has 0 bridgehead atoms. The number of hydrogen-bond acceptors (Lipinski definition) is 7. The van der Waals surface area contributed by atoms with Crippen LogP contribution >= 0.6 is 0 Å². The van der Waals surface area contributed by atoms with E-state index in [1.54, 1.807) is 12.1 Å². The van der Waals surface area contributed by atoms with E-state index in [1.807, 2.05) is 18.2 Å². The number of hydrogen-bond donors (Lipinski definition) is 3. The van der Waals surface area contributed by atoms with Crippen LogP contribution in [0, 0.1) is 0 Å². The minimum Gasteiger partial charge on any atom is -0.323 e. The molecule has 0 fully saturated rings. The third-order valence-corrected chi connectivity index (χ3v) is 2.81. The molecular weight excluding hydrogens is 270 g/mol. The monoisotopic (exact) mass is 281 g/mol. The van der Waals surface area contributed by atoms with Gasteiger partial charge >= 0.3 is 0 Å². The number of nitrogen functional groups attached to an aromatic ring is 1. The average Bonchev–Trinajstić information content (AvgIpc) is 2.54. The number of carbonyl (C=O) groups is 1. The zero-order valence-electron chi connectivity index (χ0n) is 10.8. The fourth-order valence-corrected chi connectivity index (χ4v) is 1.88. The second kappa shape index (κ2) is 5.47. The molecule has 0 radical (unpaired) electrons. The van der Waals surface area contributed by atoms with Gasteiger partial charge in [-0.25, -0.2) is 9.97 Å². The predicted octanol–water partition coefficient (Wildman–Crippen LogP) is 0.958. The molecule has 1 amide bonds. The molecule has 3 rings (SSSR count). The van der Waals surface area contributed by atoms with Gasteiger partial charge in [-0.1, -0.05) is 18.2 Å². The van der Waals surface area contributed by atoms with Crippen molar-refractivity contribution in [3.05, 3.63) is 48.4 Å². The van der Waals surface area contributed by atoms with E-state index in [9.17, 15) is 4.79 Å². The lowest BCUT2D eigenvalue weighted by atomic mass is 10.1. The molecule has 104 valence electrons. The minimum absolute atomic E-state index is 0.111. The molecule has 0 atom stereocenters. The maximum atomic E-state index is 12.2. The Bertz CT molecular complexity index is 791. The van der Waals surface area contributed by atoms with E-state index in [1.165, 1.54) is 12.4 Å². The van der Waals surface area contributed by atoms with Crippen LogP contribution in [0.15, 0.2) is 42.7 Å². The normalized spacial score (nSPS) is 10.3. The lowest BCUT2D eigenvalue weighted by Crippen LogP contribution is -2.17. The Morgan fingerprint density at radius 3 is 2.81 bits per heavy atom. The molecule has 4 N–H and O–H groups in total. The van der Waals surface area contributed by atoms with Crippen LogP contribution in [0.3, 0.4) is 0 Å². The van der Waals surface area contributed by atoms with Crippen molar-refractivity contribution in [2.45, 2.75) is 0 Å². The molecule has 0 spiro atoms. The molecule has 0 aliphatic heterocycles. The third kappa shape index (κ3) is 2.60. The summed E-state index contributed by atoms with van der Waals surface area (Å²) >= 11 is 0. The number of benzene rings is 1. The molecule has 0 saturated carbocycles. The number of fused-ring (bicyclic) bond motifs is 1. The quantitative estimate of drug-likeness (QED) is 0.483. The highest BCUT2D eigenvalue weighted by Gasteiger charge is 2.13. The van der Waals surface area contributed by atoms with Gasteiger partial charge in [-0.05, 0) is 12.1 Å². The van der Waals surface area contributed by atoms with Crippen molar-refractivity contribution >= 4 is 28.4 Å². The van der Waals surface area contributed by atoms with E-state index < -0.39 is 5.91 Å². The van der Waals surface area contributed by atoms with E-state index >= 15 is 0 Å². The molecule has 0 aliphatic carbocycles. The molecule has 0 saturated heterocycles. The molecule has 3 aromatic rings. The zero-order chi connectivity index (χ0) is 14.7. The Labute approximate surface area is 119 Å². The van der Waals surface area contributed by atoms with Crippen LogP contribution < -0.4 is 16.6 Å². The molecule has 21 heavy (non-hydrogen) atoms. The number of amides is 1. The Hall–Kier alpha value is -3.13. The van der Waals surface area contributed by atoms with Gasteiger partial charge in [0.2, 0.25) is 5.95 Å². The molecule has 0 unspecified atom stereocenters. The van der Waals surface area contributed by atoms with Crippen molar-refractivity contribution in [2.75, 3.05) is 10.7 Å². The summed E-state index contributed by atoms with van der Waals surface area (Å²) in [6, 6.07) is 8.93. The number of nitrogens with one attached hydrogen (secondary N) is 2. The van der Waals surface area contributed by atoms with Crippen molar-refractivity contribution in [1.29, 1.82) is 0 Å². The van der Waals surface area contributed by atoms with Crippen LogP contribution in [0.1, 0.15) is 10.5 Å². The standard InChI is InChI=1S/C13H11N7O/c14-19-10-7-11(17-9-4-2-1-3-8(9)10)12(21)18-13-15-5-6-16-20-13/h1-7H,14H2,(H,17,19)(H,15,18,20,21). The first-order chi connectivity index (χ1) is 10.3. The lowest BCUT2D eigenvalue weighted by Gasteiger charge is -2.08. The molecule has 8 heteroatoms. The Morgan fingerprint density at radius 2 is 2.05 bits per heavy atom. The van der Waals surface area contributed by atoms with Gasteiger partial charge in [-0.2, -0.15) is 5.10 Å². The van der Waals surface area contributed by atoms with Gasteiger partial charge < -0.3 is 5.43 Å². The Balaban J connectivity index is 1.98. The van der Waals surface area contributed by atoms with Crippen molar-refractivity contribution in [3.63, 3.8) is 0 Å². The number of anilines is 2. The number of para-hydroxylation sites is 1.